The predicted octanol–water partition coefficient (Wildman–Crippen LogP) is -0.736. The van der Waals surface area contributed by atoms with E-state index in [1.165, 1.54) is 0 Å². The molecule has 4 N–H and O–H groups in total. The average molecular weight is 257 g/mol. The van der Waals surface area contributed by atoms with Crippen molar-refractivity contribution >= 4 is 27.4 Å². The molecule has 0 aliphatic carbocycles. The van der Waals surface area contributed by atoms with Gasteiger partial charge in [0.05, 0.1) is 11.5 Å². The first kappa shape index (κ1) is 11.9. The maximum absolute atomic E-state index is 11.4. The van der Waals surface area contributed by atoms with Crippen LogP contribution in [0, 0.1) is 0 Å². The Balaban J connectivity index is 2.23. The molecule has 94 valence electrons. The molecule has 2 rings (SSSR count). The minimum Gasteiger partial charge on any atom is -0.383 e. The summed E-state index contributed by atoms with van der Waals surface area (Å²) in [6.07, 6.45) is 0.600. The fourth-order valence-electron chi connectivity index (χ4n) is 1.92. The third-order valence-corrected chi connectivity index (χ3v) is 4.62. The smallest absolute Gasteiger partial charge is 0.223 e. The molecule has 0 amide bonds. The fraction of sp³-hybridized carbons (Fsp3) is 0.556. The van der Waals surface area contributed by atoms with Crippen LogP contribution in [0.1, 0.15) is 6.42 Å². The molecule has 7 nitrogen and oxygen atoms in total. The molecule has 0 spiro atoms. The highest BCUT2D eigenvalue weighted by Gasteiger charge is 2.31. The molecule has 1 aliphatic rings. The van der Waals surface area contributed by atoms with E-state index < -0.39 is 9.84 Å². The maximum Gasteiger partial charge on any atom is 0.223 e. The third kappa shape index (κ3) is 2.57. The van der Waals surface area contributed by atoms with Gasteiger partial charge < -0.3 is 16.4 Å². The molecular formula is C9H15N5O2S. The van der Waals surface area contributed by atoms with Crippen LogP contribution in [0.2, 0.25) is 0 Å². The predicted molar refractivity (Wildman–Crippen MR) is 66.3 cm³/mol. The monoisotopic (exact) mass is 257 g/mol. The molecular weight excluding hydrogens is 242 g/mol. The molecule has 1 aromatic heterocycles. The van der Waals surface area contributed by atoms with Gasteiger partial charge in [0, 0.05) is 19.2 Å². The lowest BCUT2D eigenvalue weighted by molar-refractivity contribution is 0.600. The summed E-state index contributed by atoms with van der Waals surface area (Å²) in [6, 6.07) is 1.51. The molecule has 0 bridgehead atoms. The minimum atomic E-state index is -2.92. The summed E-state index contributed by atoms with van der Waals surface area (Å²) in [6.45, 7) is 0. The van der Waals surface area contributed by atoms with E-state index in [0.29, 0.717) is 12.2 Å². The maximum atomic E-state index is 11.4. The van der Waals surface area contributed by atoms with Crippen molar-refractivity contribution in [3.05, 3.63) is 6.07 Å². The first-order valence-corrected chi connectivity index (χ1v) is 7.03. The molecule has 1 fully saturated rings. The standard InChI is InChI=1S/C9H15N5O2S/c1-14(6-2-3-17(15,16)5-6)8-4-7(10)12-9(11)13-8/h4,6H,2-3,5H2,1H3,(H4,10,11,12,13). The van der Waals surface area contributed by atoms with Gasteiger partial charge in [0.1, 0.15) is 11.6 Å². The van der Waals surface area contributed by atoms with Crippen molar-refractivity contribution < 1.29 is 8.42 Å². The number of hydrogen-bond acceptors (Lipinski definition) is 7. The second-order valence-electron chi connectivity index (χ2n) is 4.18. The van der Waals surface area contributed by atoms with Crippen molar-refractivity contribution in [3.63, 3.8) is 0 Å². The normalized spacial score (nSPS) is 22.5. The Morgan fingerprint density at radius 1 is 1.41 bits per heavy atom. The number of hydrogen-bond donors (Lipinski definition) is 2. The number of anilines is 3. The Morgan fingerprint density at radius 2 is 2.12 bits per heavy atom. The van der Waals surface area contributed by atoms with Gasteiger partial charge in [0.2, 0.25) is 5.95 Å². The fourth-order valence-corrected chi connectivity index (χ4v) is 3.69. The van der Waals surface area contributed by atoms with E-state index in [-0.39, 0.29) is 29.3 Å². The number of rotatable bonds is 2. The minimum absolute atomic E-state index is 0.0753. The molecule has 1 saturated heterocycles. The Hall–Kier alpha value is -1.57. The van der Waals surface area contributed by atoms with E-state index in [0.717, 1.165) is 0 Å². The molecule has 8 heteroatoms. The summed E-state index contributed by atoms with van der Waals surface area (Å²) in [5.41, 5.74) is 11.1. The van der Waals surface area contributed by atoms with E-state index in [1.807, 2.05) is 0 Å². The van der Waals surface area contributed by atoms with Crippen LogP contribution < -0.4 is 16.4 Å². The molecule has 0 saturated carbocycles. The Kier molecular flexibility index (Phi) is 2.82. The first-order chi connectivity index (χ1) is 7.87. The van der Waals surface area contributed by atoms with Crippen molar-refractivity contribution in [2.75, 3.05) is 34.9 Å². The molecule has 1 unspecified atom stereocenters. The zero-order chi connectivity index (χ0) is 12.6. The lowest BCUT2D eigenvalue weighted by Crippen LogP contribution is -2.33. The molecule has 0 aromatic carbocycles. The van der Waals surface area contributed by atoms with Crippen molar-refractivity contribution in [3.8, 4) is 0 Å². The van der Waals surface area contributed by atoms with E-state index in [9.17, 15) is 8.42 Å². The molecule has 17 heavy (non-hydrogen) atoms. The lowest BCUT2D eigenvalue weighted by atomic mass is 10.2. The third-order valence-electron chi connectivity index (χ3n) is 2.87. The summed E-state index contributed by atoms with van der Waals surface area (Å²) >= 11 is 0. The van der Waals surface area contributed by atoms with Gasteiger partial charge in [-0.3, -0.25) is 0 Å². The van der Waals surface area contributed by atoms with Crippen LogP contribution in [0.15, 0.2) is 6.07 Å². The van der Waals surface area contributed by atoms with Gasteiger partial charge in [0.25, 0.3) is 0 Å². The van der Waals surface area contributed by atoms with Gasteiger partial charge >= 0.3 is 0 Å². The summed E-state index contributed by atoms with van der Waals surface area (Å²) in [7, 11) is -1.13. The highest BCUT2D eigenvalue weighted by Crippen LogP contribution is 2.22. The van der Waals surface area contributed by atoms with Gasteiger partial charge in [-0.1, -0.05) is 0 Å². The second-order valence-corrected chi connectivity index (χ2v) is 6.41. The van der Waals surface area contributed by atoms with Crippen LogP contribution in [-0.4, -0.2) is 43.0 Å². The number of nitrogens with zero attached hydrogens (tertiary/aromatic N) is 3. The van der Waals surface area contributed by atoms with Crippen molar-refractivity contribution in [1.82, 2.24) is 9.97 Å². The second kappa shape index (κ2) is 4.02. The van der Waals surface area contributed by atoms with E-state index >= 15 is 0 Å². The molecule has 1 aliphatic heterocycles. The summed E-state index contributed by atoms with van der Waals surface area (Å²) in [5.74, 6) is 1.29. The Bertz CT molecular complexity index is 510. The van der Waals surface area contributed by atoms with Crippen LogP contribution in [0.3, 0.4) is 0 Å². The zero-order valence-corrected chi connectivity index (χ0v) is 10.3. The highest BCUT2D eigenvalue weighted by molar-refractivity contribution is 7.91. The Labute approximate surface area is 99.8 Å². The van der Waals surface area contributed by atoms with Gasteiger partial charge in [-0.25, -0.2) is 8.42 Å². The van der Waals surface area contributed by atoms with E-state index in [1.54, 1.807) is 18.0 Å². The number of nitrogens with two attached hydrogens (primary N) is 2. The lowest BCUT2D eigenvalue weighted by Gasteiger charge is -2.24. The zero-order valence-electron chi connectivity index (χ0n) is 9.50. The Morgan fingerprint density at radius 3 is 2.65 bits per heavy atom. The highest BCUT2D eigenvalue weighted by atomic mass is 32.2. The van der Waals surface area contributed by atoms with E-state index in [4.69, 9.17) is 11.5 Å². The van der Waals surface area contributed by atoms with Crippen molar-refractivity contribution in [2.45, 2.75) is 12.5 Å². The van der Waals surface area contributed by atoms with Gasteiger partial charge in [-0.2, -0.15) is 9.97 Å². The van der Waals surface area contributed by atoms with Crippen LogP contribution in [0.4, 0.5) is 17.6 Å². The van der Waals surface area contributed by atoms with Crippen LogP contribution >= 0.6 is 0 Å². The van der Waals surface area contributed by atoms with Gasteiger partial charge in [-0.05, 0) is 6.42 Å². The number of sulfone groups is 1. The van der Waals surface area contributed by atoms with Crippen molar-refractivity contribution in [2.24, 2.45) is 0 Å². The topological polar surface area (TPSA) is 115 Å². The quantitative estimate of drug-likeness (QED) is 0.717. The SMILES string of the molecule is CN(c1cc(N)nc(N)n1)C1CCS(=O)(=O)C1. The largest absolute Gasteiger partial charge is 0.383 e. The van der Waals surface area contributed by atoms with Crippen LogP contribution in [0.25, 0.3) is 0 Å². The van der Waals surface area contributed by atoms with Gasteiger partial charge in [0.15, 0.2) is 9.84 Å². The number of aromatic nitrogens is 2. The molecule has 2 heterocycles. The van der Waals surface area contributed by atoms with Gasteiger partial charge in [-0.15, -0.1) is 0 Å². The molecule has 1 aromatic rings. The first-order valence-electron chi connectivity index (χ1n) is 5.21. The molecule has 1 atom stereocenters. The summed E-state index contributed by atoms with van der Waals surface area (Å²) < 4.78 is 22.8. The van der Waals surface area contributed by atoms with Crippen LogP contribution in [-0.2, 0) is 9.84 Å². The van der Waals surface area contributed by atoms with Crippen molar-refractivity contribution in [1.29, 1.82) is 0 Å². The summed E-state index contributed by atoms with van der Waals surface area (Å²) in [4.78, 5) is 9.61. The molecule has 0 radical (unpaired) electrons. The number of nitrogen functional groups attached to an aromatic ring is 2. The average Bonchev–Trinajstić information content (AvgIpc) is 2.56. The summed E-state index contributed by atoms with van der Waals surface area (Å²) in [5, 5.41) is 0. The van der Waals surface area contributed by atoms with Crippen LogP contribution in [0.5, 0.6) is 0 Å². The van der Waals surface area contributed by atoms with E-state index in [2.05, 4.69) is 9.97 Å².